The Morgan fingerprint density at radius 2 is 1.94 bits per heavy atom. The number of hydrogen-bond donors (Lipinski definition) is 3. The van der Waals surface area contributed by atoms with E-state index in [0.717, 1.165) is 12.8 Å². The van der Waals surface area contributed by atoms with Crippen molar-refractivity contribution in [3.63, 3.8) is 0 Å². The summed E-state index contributed by atoms with van der Waals surface area (Å²) in [6, 6.07) is -2.02. The maximum atomic E-state index is 12.7. The minimum Gasteiger partial charge on any atom is -0.338 e. The summed E-state index contributed by atoms with van der Waals surface area (Å²) in [6.45, 7) is 3.57. The molecule has 1 saturated carbocycles. The topological polar surface area (TPSA) is 53.2 Å². The van der Waals surface area contributed by atoms with Crippen molar-refractivity contribution in [2.24, 2.45) is 0 Å². The molecule has 2 amide bonds. The molecule has 0 aliphatic heterocycles. The minimum atomic E-state index is -4.27. The Balaban J connectivity index is 2.26. The van der Waals surface area contributed by atoms with E-state index in [9.17, 15) is 18.0 Å². The van der Waals surface area contributed by atoms with E-state index in [2.05, 4.69) is 16.0 Å². The number of halogens is 3. The molecule has 0 heterocycles. The number of nitrogens with one attached hydrogen (secondary N) is 3. The first-order chi connectivity index (χ1) is 8.29. The third-order valence-corrected chi connectivity index (χ3v) is 2.55. The predicted octanol–water partition coefficient (Wildman–Crippen LogP) is 1.77. The number of hydrogen-bond acceptors (Lipinski definition) is 2. The Hall–Kier alpha value is -0.980. The van der Waals surface area contributed by atoms with Gasteiger partial charge in [-0.3, -0.25) is 0 Å². The molecule has 18 heavy (non-hydrogen) atoms. The summed E-state index contributed by atoms with van der Waals surface area (Å²) < 4.78 is 38.0. The van der Waals surface area contributed by atoms with Crippen molar-refractivity contribution in [3.8, 4) is 0 Å². The van der Waals surface area contributed by atoms with Crippen LogP contribution in [0.15, 0.2) is 0 Å². The second kappa shape index (κ2) is 6.26. The quantitative estimate of drug-likeness (QED) is 0.687. The minimum absolute atomic E-state index is 0.00243. The van der Waals surface area contributed by atoms with Gasteiger partial charge in [-0.1, -0.05) is 0 Å². The number of urea groups is 1. The summed E-state index contributed by atoms with van der Waals surface area (Å²) in [5.41, 5.74) is 0. The molecule has 3 N–H and O–H groups in total. The maximum absolute atomic E-state index is 12.7. The van der Waals surface area contributed by atoms with Gasteiger partial charge in [0, 0.05) is 18.6 Å². The monoisotopic (exact) mass is 267 g/mol. The first kappa shape index (κ1) is 15.1. The highest BCUT2D eigenvalue weighted by Crippen LogP contribution is 2.27. The first-order valence-electron chi connectivity index (χ1n) is 6.16. The number of rotatable bonds is 6. The summed E-state index contributed by atoms with van der Waals surface area (Å²) in [7, 11) is 0. The van der Waals surface area contributed by atoms with E-state index in [-0.39, 0.29) is 25.0 Å². The van der Waals surface area contributed by atoms with Gasteiger partial charge in [0.25, 0.3) is 0 Å². The van der Waals surface area contributed by atoms with Crippen molar-refractivity contribution < 1.29 is 18.0 Å². The van der Waals surface area contributed by atoms with Gasteiger partial charge in [0.1, 0.15) is 6.04 Å². The Morgan fingerprint density at radius 1 is 1.33 bits per heavy atom. The Labute approximate surface area is 105 Å². The zero-order valence-corrected chi connectivity index (χ0v) is 10.6. The molecular formula is C11H20F3N3O. The lowest BCUT2D eigenvalue weighted by Gasteiger charge is -2.21. The van der Waals surface area contributed by atoms with Crippen molar-refractivity contribution in [1.82, 2.24) is 16.0 Å². The van der Waals surface area contributed by atoms with Gasteiger partial charge in [0.15, 0.2) is 0 Å². The predicted molar refractivity (Wildman–Crippen MR) is 62.3 cm³/mol. The zero-order valence-electron chi connectivity index (χ0n) is 10.6. The SMILES string of the molecule is CC(C)NC(=O)NCCC(NC1CC1)C(F)(F)F. The largest absolute Gasteiger partial charge is 0.403 e. The van der Waals surface area contributed by atoms with E-state index in [4.69, 9.17) is 0 Å². The highest BCUT2D eigenvalue weighted by atomic mass is 19.4. The third-order valence-electron chi connectivity index (χ3n) is 2.55. The number of amides is 2. The molecule has 1 aliphatic rings. The fourth-order valence-electron chi connectivity index (χ4n) is 1.52. The van der Waals surface area contributed by atoms with E-state index >= 15 is 0 Å². The molecule has 0 aromatic heterocycles. The molecule has 0 aromatic carbocycles. The maximum Gasteiger partial charge on any atom is 0.403 e. The van der Waals surface area contributed by atoms with Gasteiger partial charge >= 0.3 is 12.2 Å². The van der Waals surface area contributed by atoms with Crippen molar-refractivity contribution in [3.05, 3.63) is 0 Å². The first-order valence-corrected chi connectivity index (χ1v) is 6.16. The zero-order chi connectivity index (χ0) is 13.8. The van der Waals surface area contributed by atoms with Crippen molar-refractivity contribution in [2.75, 3.05) is 6.54 Å². The lowest BCUT2D eigenvalue weighted by Crippen LogP contribution is -2.47. The molecular weight excluding hydrogens is 247 g/mol. The van der Waals surface area contributed by atoms with Crippen LogP contribution in [0.25, 0.3) is 0 Å². The van der Waals surface area contributed by atoms with E-state index < -0.39 is 18.2 Å². The summed E-state index contributed by atoms with van der Waals surface area (Å²) in [5, 5.41) is 7.53. The van der Waals surface area contributed by atoms with Gasteiger partial charge in [0.2, 0.25) is 0 Å². The molecule has 1 fully saturated rings. The van der Waals surface area contributed by atoms with Crippen LogP contribution in [0, 0.1) is 0 Å². The molecule has 0 bridgehead atoms. The van der Waals surface area contributed by atoms with Crippen LogP contribution in [0.2, 0.25) is 0 Å². The highest BCUT2D eigenvalue weighted by Gasteiger charge is 2.41. The van der Waals surface area contributed by atoms with Crippen LogP contribution in [-0.4, -0.2) is 36.9 Å². The van der Waals surface area contributed by atoms with Gasteiger partial charge in [-0.05, 0) is 33.1 Å². The fraction of sp³-hybridized carbons (Fsp3) is 0.909. The van der Waals surface area contributed by atoms with Crippen molar-refractivity contribution >= 4 is 6.03 Å². The highest BCUT2D eigenvalue weighted by molar-refractivity contribution is 5.73. The van der Waals surface area contributed by atoms with Crippen LogP contribution >= 0.6 is 0 Å². The van der Waals surface area contributed by atoms with E-state index in [1.165, 1.54) is 0 Å². The third kappa shape index (κ3) is 6.09. The molecule has 0 radical (unpaired) electrons. The van der Waals surface area contributed by atoms with Crippen LogP contribution in [0.4, 0.5) is 18.0 Å². The Bertz CT molecular complexity index is 277. The summed E-state index contributed by atoms with van der Waals surface area (Å²) >= 11 is 0. The summed E-state index contributed by atoms with van der Waals surface area (Å²) in [6.07, 6.45) is -2.81. The Kier molecular flexibility index (Phi) is 5.25. The van der Waals surface area contributed by atoms with E-state index in [1.807, 2.05) is 0 Å². The lowest BCUT2D eigenvalue weighted by molar-refractivity contribution is -0.157. The van der Waals surface area contributed by atoms with Crippen molar-refractivity contribution in [1.29, 1.82) is 0 Å². The molecule has 0 saturated heterocycles. The number of carbonyl (C=O) groups excluding carboxylic acids is 1. The second-order valence-corrected chi connectivity index (χ2v) is 4.88. The van der Waals surface area contributed by atoms with E-state index in [1.54, 1.807) is 13.8 Å². The number of alkyl halides is 3. The second-order valence-electron chi connectivity index (χ2n) is 4.88. The molecule has 7 heteroatoms. The molecule has 1 atom stereocenters. The van der Waals surface area contributed by atoms with Gasteiger partial charge in [-0.15, -0.1) is 0 Å². The van der Waals surface area contributed by atoms with Crippen LogP contribution < -0.4 is 16.0 Å². The number of carbonyl (C=O) groups is 1. The van der Waals surface area contributed by atoms with Crippen LogP contribution in [0.3, 0.4) is 0 Å². The van der Waals surface area contributed by atoms with Crippen LogP contribution in [0.1, 0.15) is 33.1 Å². The summed E-state index contributed by atoms with van der Waals surface area (Å²) in [5.74, 6) is 0. The average Bonchev–Trinajstić information content (AvgIpc) is 2.97. The van der Waals surface area contributed by atoms with Gasteiger partial charge in [-0.2, -0.15) is 13.2 Å². The fourth-order valence-corrected chi connectivity index (χ4v) is 1.52. The molecule has 4 nitrogen and oxygen atoms in total. The normalized spacial score (nSPS) is 17.7. The summed E-state index contributed by atoms with van der Waals surface area (Å²) in [4.78, 5) is 11.2. The standard InChI is InChI=1S/C11H20F3N3O/c1-7(2)16-10(18)15-6-5-9(11(12,13)14)17-8-3-4-8/h7-9,17H,3-6H2,1-2H3,(H2,15,16,18). The van der Waals surface area contributed by atoms with Gasteiger partial charge in [-0.25, -0.2) is 4.79 Å². The van der Waals surface area contributed by atoms with E-state index in [0.29, 0.717) is 0 Å². The molecule has 106 valence electrons. The van der Waals surface area contributed by atoms with Gasteiger partial charge < -0.3 is 16.0 Å². The van der Waals surface area contributed by atoms with Crippen LogP contribution in [0.5, 0.6) is 0 Å². The molecule has 1 unspecified atom stereocenters. The molecule has 1 rings (SSSR count). The van der Waals surface area contributed by atoms with Crippen LogP contribution in [-0.2, 0) is 0 Å². The van der Waals surface area contributed by atoms with Crippen molar-refractivity contribution in [2.45, 2.75) is 57.4 Å². The van der Waals surface area contributed by atoms with Gasteiger partial charge in [0.05, 0.1) is 0 Å². The molecule has 1 aliphatic carbocycles. The smallest absolute Gasteiger partial charge is 0.338 e. The Morgan fingerprint density at radius 3 is 2.39 bits per heavy atom. The molecule has 0 spiro atoms. The average molecular weight is 267 g/mol. The molecule has 0 aromatic rings. The lowest BCUT2D eigenvalue weighted by atomic mass is 10.2.